The zero-order chi connectivity index (χ0) is 22.8. The number of hydrogen-bond donors (Lipinski definition) is 0. The Labute approximate surface area is 196 Å². The van der Waals surface area contributed by atoms with Crippen molar-refractivity contribution in [2.45, 2.75) is 67.2 Å². The van der Waals surface area contributed by atoms with E-state index < -0.39 is 7.55 Å². The molecule has 1 unspecified atom stereocenters. The molecule has 0 radical (unpaired) electrons. The van der Waals surface area contributed by atoms with Gasteiger partial charge in [-0.1, -0.05) is 74.7 Å². The van der Waals surface area contributed by atoms with E-state index >= 15 is 0 Å². The van der Waals surface area contributed by atoms with Gasteiger partial charge in [0.15, 0.2) is 0 Å². The average molecular weight is 443 g/mol. The van der Waals surface area contributed by atoms with Crippen molar-refractivity contribution in [1.82, 2.24) is 0 Å². The Morgan fingerprint density at radius 1 is 0.719 bits per heavy atom. The Kier molecular flexibility index (Phi) is 7.11. The third-order valence-electron chi connectivity index (χ3n) is 6.87. The Morgan fingerprint density at radius 2 is 1.28 bits per heavy atom. The first-order valence-corrected chi connectivity index (χ1v) is 14.1. The minimum absolute atomic E-state index is 0.595. The number of hydrogen-bond acceptors (Lipinski definition) is 0. The Balaban J connectivity index is 2.04. The van der Waals surface area contributed by atoms with Gasteiger partial charge >= 0.3 is 0 Å². The topological polar surface area (TPSA) is 0 Å². The van der Waals surface area contributed by atoms with Gasteiger partial charge in [0.2, 0.25) is 0 Å². The first-order chi connectivity index (χ1) is 15.3. The number of benzene rings is 3. The first-order valence-electron chi connectivity index (χ1n) is 12.3. The van der Waals surface area contributed by atoms with Gasteiger partial charge in [0, 0.05) is 0 Å². The fourth-order valence-corrected chi connectivity index (χ4v) is 7.87. The van der Waals surface area contributed by atoms with Crippen molar-refractivity contribution in [3.8, 4) is 22.3 Å². The zero-order valence-electron chi connectivity index (χ0n) is 20.8. The molecule has 0 saturated heterocycles. The van der Waals surface area contributed by atoms with Gasteiger partial charge in [-0.2, -0.15) is 0 Å². The van der Waals surface area contributed by atoms with Crippen LogP contribution in [0.2, 0.25) is 0 Å². The number of rotatable bonds is 5. The molecule has 0 bridgehead atoms. The van der Waals surface area contributed by atoms with E-state index in [9.17, 15) is 0 Å². The van der Waals surface area contributed by atoms with E-state index in [1.165, 1.54) is 75.5 Å². The summed E-state index contributed by atoms with van der Waals surface area (Å²) in [5.41, 5.74) is 12.8. The van der Waals surface area contributed by atoms with E-state index in [4.69, 9.17) is 0 Å². The maximum atomic E-state index is 2.67. The van der Waals surface area contributed by atoms with Gasteiger partial charge < -0.3 is 0 Å². The summed E-state index contributed by atoms with van der Waals surface area (Å²) < 4.78 is 0. The minimum Gasteiger partial charge on any atom is -0.0937 e. The van der Waals surface area contributed by atoms with Gasteiger partial charge in [-0.15, -0.1) is 0 Å². The highest BCUT2D eigenvalue weighted by molar-refractivity contribution is 7.65. The molecule has 0 aliphatic carbocycles. The predicted molar refractivity (Wildman–Crippen MR) is 148 cm³/mol. The van der Waals surface area contributed by atoms with E-state index in [0.717, 1.165) is 6.42 Å². The second-order valence-electron chi connectivity index (χ2n) is 10.3. The van der Waals surface area contributed by atoms with Crippen molar-refractivity contribution >= 4 is 18.6 Å². The molecule has 0 amide bonds. The monoisotopic (exact) mass is 442 g/mol. The van der Waals surface area contributed by atoms with Gasteiger partial charge in [0.05, 0.1) is 0 Å². The summed E-state index contributed by atoms with van der Waals surface area (Å²) in [6.45, 7) is 13.7. The summed E-state index contributed by atoms with van der Waals surface area (Å²) in [6.07, 6.45) is 6.54. The smallest absolute Gasteiger partial charge is 0.0137 e. The minimum atomic E-state index is -0.595. The molecule has 4 rings (SSSR count). The van der Waals surface area contributed by atoms with Crippen LogP contribution < -0.4 is 5.30 Å². The molecule has 0 aromatic heterocycles. The first kappa shape index (κ1) is 23.1. The lowest BCUT2D eigenvalue weighted by Crippen LogP contribution is -2.10. The molecule has 3 aromatic carbocycles. The summed E-state index contributed by atoms with van der Waals surface area (Å²) in [4.78, 5) is 0. The average Bonchev–Trinajstić information content (AvgIpc) is 2.75. The van der Waals surface area contributed by atoms with Gasteiger partial charge in [0.25, 0.3) is 0 Å². The molecule has 0 spiro atoms. The standard InChI is InChI=1S/C31H39P/c1-21(2)16-29-30(27-12-10-22(3)17-24(27)5)19-26(32-14-8-7-9-15-32)20-31(29)28-13-11-23(4)18-25(28)6/h10-14,17-21,32H,7-9,15-16H2,1-6H3. The number of aryl methyl sites for hydroxylation is 4. The van der Waals surface area contributed by atoms with Crippen LogP contribution in [0.4, 0.5) is 0 Å². The highest BCUT2D eigenvalue weighted by Crippen LogP contribution is 2.40. The van der Waals surface area contributed by atoms with Crippen molar-refractivity contribution in [2.24, 2.45) is 5.92 Å². The second-order valence-corrected chi connectivity index (χ2v) is 12.8. The summed E-state index contributed by atoms with van der Waals surface area (Å²) in [5.74, 6) is 3.29. The molecular weight excluding hydrogens is 403 g/mol. The van der Waals surface area contributed by atoms with Crippen LogP contribution in [0.1, 0.15) is 60.9 Å². The van der Waals surface area contributed by atoms with Crippen LogP contribution in [0.3, 0.4) is 0 Å². The molecule has 1 heteroatoms. The summed E-state index contributed by atoms with van der Waals surface area (Å²) >= 11 is 0. The molecule has 1 aliphatic heterocycles. The summed E-state index contributed by atoms with van der Waals surface area (Å²) in [7, 11) is -0.595. The predicted octanol–water partition coefficient (Wildman–Crippen LogP) is 8.28. The Bertz CT molecular complexity index is 1090. The van der Waals surface area contributed by atoms with E-state index in [-0.39, 0.29) is 0 Å². The molecule has 0 N–H and O–H groups in total. The zero-order valence-corrected chi connectivity index (χ0v) is 21.8. The maximum Gasteiger partial charge on any atom is -0.0137 e. The lowest BCUT2D eigenvalue weighted by atomic mass is 9.84. The molecular formula is C31H39P. The molecule has 3 aromatic rings. The summed E-state index contributed by atoms with van der Waals surface area (Å²) in [6, 6.07) is 19.1. The molecule has 0 saturated carbocycles. The van der Waals surface area contributed by atoms with Crippen molar-refractivity contribution in [3.63, 3.8) is 0 Å². The van der Waals surface area contributed by atoms with Gasteiger partial charge in [-0.05, 0) is 122 Å². The second kappa shape index (κ2) is 9.84. The largest absolute Gasteiger partial charge is 0.0937 e. The van der Waals surface area contributed by atoms with Crippen LogP contribution in [0.25, 0.3) is 22.3 Å². The van der Waals surface area contributed by atoms with E-state index in [1.54, 1.807) is 5.30 Å². The van der Waals surface area contributed by atoms with Crippen LogP contribution >= 0.6 is 7.55 Å². The highest BCUT2D eigenvalue weighted by Gasteiger charge is 2.19. The third-order valence-corrected chi connectivity index (χ3v) is 9.57. The van der Waals surface area contributed by atoms with Crippen molar-refractivity contribution in [1.29, 1.82) is 0 Å². The van der Waals surface area contributed by atoms with Gasteiger partial charge in [-0.25, -0.2) is 0 Å². The van der Waals surface area contributed by atoms with Crippen LogP contribution in [0.15, 0.2) is 48.5 Å². The van der Waals surface area contributed by atoms with Crippen LogP contribution in [-0.4, -0.2) is 12.0 Å². The van der Waals surface area contributed by atoms with Crippen molar-refractivity contribution < 1.29 is 0 Å². The normalized spacial score (nSPS) is 16.3. The van der Waals surface area contributed by atoms with Gasteiger partial charge in [0.1, 0.15) is 0 Å². The van der Waals surface area contributed by atoms with Gasteiger partial charge in [-0.3, -0.25) is 0 Å². The molecule has 1 atom stereocenters. The molecule has 0 fully saturated rings. The van der Waals surface area contributed by atoms with Crippen LogP contribution in [-0.2, 0) is 6.42 Å². The Morgan fingerprint density at radius 3 is 1.72 bits per heavy atom. The summed E-state index contributed by atoms with van der Waals surface area (Å²) in [5, 5.41) is 1.60. The molecule has 0 nitrogen and oxygen atoms in total. The van der Waals surface area contributed by atoms with Crippen LogP contribution in [0, 0.1) is 33.6 Å². The van der Waals surface area contributed by atoms with Crippen molar-refractivity contribution in [2.75, 3.05) is 6.16 Å². The fourth-order valence-electron chi connectivity index (χ4n) is 5.30. The molecule has 32 heavy (non-hydrogen) atoms. The maximum absolute atomic E-state index is 2.67. The lowest BCUT2D eigenvalue weighted by molar-refractivity contribution is 0.649. The van der Waals surface area contributed by atoms with Crippen molar-refractivity contribution in [3.05, 3.63) is 76.3 Å². The highest BCUT2D eigenvalue weighted by atomic mass is 31.1. The quantitative estimate of drug-likeness (QED) is 0.349. The lowest BCUT2D eigenvalue weighted by Gasteiger charge is -2.24. The third kappa shape index (κ3) is 4.97. The fraction of sp³-hybridized carbons (Fsp3) is 0.387. The Hall–Kier alpha value is -2.04. The molecule has 1 heterocycles. The van der Waals surface area contributed by atoms with E-state index in [2.05, 4.69) is 95.9 Å². The van der Waals surface area contributed by atoms with E-state index in [1.807, 2.05) is 0 Å². The van der Waals surface area contributed by atoms with Crippen LogP contribution in [0.5, 0.6) is 0 Å². The molecule has 1 aliphatic rings. The molecule has 168 valence electrons. The van der Waals surface area contributed by atoms with E-state index in [0.29, 0.717) is 5.92 Å². The SMILES string of the molecule is Cc1ccc(-c2cc([PH]3=CCCCC3)cc(-c3ccc(C)cc3C)c2CC(C)C)c(C)c1.